The van der Waals surface area contributed by atoms with Crippen LogP contribution in [0, 0.1) is 16.2 Å². The van der Waals surface area contributed by atoms with Gasteiger partial charge in [-0.1, -0.05) is 83.1 Å². The number of hydrogen-bond acceptors (Lipinski definition) is 7. The minimum Gasteiger partial charge on any atom is -0.383 e. The van der Waals surface area contributed by atoms with Gasteiger partial charge in [0.2, 0.25) is 5.79 Å². The molecule has 7 heteroatoms. The fraction of sp³-hybridized carbons (Fsp3) is 0.656. The Morgan fingerprint density at radius 2 is 1.56 bits per heavy atom. The lowest BCUT2D eigenvalue weighted by molar-refractivity contribution is -0.297. The Morgan fingerprint density at radius 1 is 0.949 bits per heavy atom. The zero-order valence-corrected chi connectivity index (χ0v) is 24.8. The molecule has 0 bridgehead atoms. The third-order valence-electron chi connectivity index (χ3n) is 10.5. The average molecular weight is 543 g/mol. The minimum absolute atomic E-state index is 0.166. The van der Waals surface area contributed by atoms with Crippen molar-refractivity contribution < 1.29 is 35.1 Å². The third kappa shape index (κ3) is 3.60. The summed E-state index contributed by atoms with van der Waals surface area (Å²) >= 11 is 0. The average Bonchev–Trinajstić information content (AvgIpc) is 3.38. The molecule has 4 aliphatic rings. The van der Waals surface area contributed by atoms with E-state index in [1.165, 1.54) is 57.8 Å². The number of fused-ring (bicyclic) bond motifs is 3. The third-order valence-corrected chi connectivity index (χ3v) is 10.5. The van der Waals surface area contributed by atoms with Crippen molar-refractivity contribution in [3.8, 4) is 0 Å². The van der Waals surface area contributed by atoms with Gasteiger partial charge in [-0.15, -0.1) is 0 Å². The van der Waals surface area contributed by atoms with E-state index in [2.05, 4.69) is 32.9 Å². The van der Waals surface area contributed by atoms with Gasteiger partial charge in [0.25, 0.3) is 0 Å². The van der Waals surface area contributed by atoms with Crippen LogP contribution in [0.5, 0.6) is 0 Å². The fourth-order valence-electron chi connectivity index (χ4n) is 7.57. The van der Waals surface area contributed by atoms with Gasteiger partial charge < -0.3 is 30.3 Å². The molecule has 2 saturated carbocycles. The van der Waals surface area contributed by atoms with E-state index in [9.17, 15) is 30.3 Å². The summed E-state index contributed by atoms with van der Waals surface area (Å²) in [6.45, 7) is 16.5. The summed E-state index contributed by atoms with van der Waals surface area (Å²) in [6.07, 6.45) is 11.0. The molecular formula is C32H46O7. The van der Waals surface area contributed by atoms with E-state index in [0.717, 1.165) is 12.0 Å². The number of allylic oxidation sites excluding steroid dienone is 9. The largest absolute Gasteiger partial charge is 0.383 e. The fourth-order valence-corrected chi connectivity index (χ4v) is 7.57. The van der Waals surface area contributed by atoms with Gasteiger partial charge in [-0.25, -0.2) is 0 Å². The van der Waals surface area contributed by atoms with E-state index >= 15 is 0 Å². The van der Waals surface area contributed by atoms with Crippen LogP contribution in [0.1, 0.15) is 81.6 Å². The summed E-state index contributed by atoms with van der Waals surface area (Å²) in [5, 5.41) is 56.1. The van der Waals surface area contributed by atoms with Crippen LogP contribution in [0.25, 0.3) is 0 Å². The number of aliphatic hydroxyl groups is 5. The SMILES string of the molecule is CC1=C(/C=C/C(C)=C/C=C/C(C)=C/C(=O)C(O)[C@H]2O[C@@]3(O)C(C)(C)[C@@]3(O)[C@]3(O)C(C)(C)[C@]23O)C(C)(C)CCC1. The Morgan fingerprint density at radius 3 is 2.15 bits per heavy atom. The highest BCUT2D eigenvalue weighted by atomic mass is 16.7. The molecule has 39 heavy (non-hydrogen) atoms. The van der Waals surface area contributed by atoms with E-state index in [1.807, 2.05) is 19.1 Å². The van der Waals surface area contributed by atoms with Crippen LogP contribution in [0.4, 0.5) is 0 Å². The van der Waals surface area contributed by atoms with Gasteiger partial charge in [-0.2, -0.15) is 0 Å². The van der Waals surface area contributed by atoms with Crippen molar-refractivity contribution in [2.24, 2.45) is 16.2 Å². The van der Waals surface area contributed by atoms with Crippen molar-refractivity contribution in [2.75, 3.05) is 0 Å². The molecule has 4 rings (SSSR count). The van der Waals surface area contributed by atoms with Crippen LogP contribution in [0.2, 0.25) is 0 Å². The van der Waals surface area contributed by atoms with Crippen LogP contribution >= 0.6 is 0 Å². The molecule has 5 N–H and O–H groups in total. The smallest absolute Gasteiger partial charge is 0.207 e. The Kier molecular flexibility index (Phi) is 6.80. The topological polar surface area (TPSA) is 127 Å². The second-order valence-corrected chi connectivity index (χ2v) is 13.9. The first kappa shape index (κ1) is 30.1. The number of ether oxygens (including phenoxy) is 1. The van der Waals surface area contributed by atoms with Crippen LogP contribution < -0.4 is 0 Å². The standard InChI is InChI=1S/C32H46O7/c1-19(15-16-22-21(3)14-11-17-26(22,4)5)12-10-13-20(2)18-23(33)24(34)25-29(35)27(6,7)30(29,36)31(37)28(8,9)32(31,38)39-25/h10,12-13,15-16,18,24-25,34-38H,11,14,17H2,1-9H3/b13-10+,16-15+,19-12+,20-18+/t24?,25-,29-,30+,31-,32+/m1/s1. The van der Waals surface area contributed by atoms with Gasteiger partial charge in [-0.05, 0) is 62.7 Å². The van der Waals surface area contributed by atoms with Crippen molar-refractivity contribution >= 4 is 5.78 Å². The molecule has 1 aliphatic heterocycles. The lowest BCUT2D eigenvalue weighted by Gasteiger charge is -2.38. The first-order valence-corrected chi connectivity index (χ1v) is 13.9. The maximum absolute atomic E-state index is 13.0. The van der Waals surface area contributed by atoms with Gasteiger partial charge in [-0.3, -0.25) is 4.79 Å². The van der Waals surface area contributed by atoms with Gasteiger partial charge in [0.1, 0.15) is 23.4 Å². The predicted octanol–water partition coefficient (Wildman–Crippen LogP) is 3.81. The number of carbonyl (C=O) groups is 1. The zero-order valence-electron chi connectivity index (χ0n) is 24.8. The van der Waals surface area contributed by atoms with Crippen LogP contribution in [-0.2, 0) is 9.53 Å². The van der Waals surface area contributed by atoms with Gasteiger partial charge in [0.05, 0.1) is 5.41 Å². The summed E-state index contributed by atoms with van der Waals surface area (Å²) in [6, 6.07) is 0. The summed E-state index contributed by atoms with van der Waals surface area (Å²) in [7, 11) is 0. The molecule has 0 aromatic rings. The van der Waals surface area contributed by atoms with Crippen LogP contribution in [0.3, 0.4) is 0 Å². The highest BCUT2D eigenvalue weighted by molar-refractivity contribution is 5.95. The molecule has 216 valence electrons. The first-order chi connectivity index (χ1) is 17.7. The van der Waals surface area contributed by atoms with Crippen molar-refractivity contribution in [2.45, 2.75) is 116 Å². The molecule has 0 aromatic heterocycles. The van der Waals surface area contributed by atoms with Gasteiger partial charge >= 0.3 is 0 Å². The molecule has 6 atom stereocenters. The number of ketones is 1. The molecule has 0 amide bonds. The Balaban J connectivity index is 1.47. The normalized spacial score (nSPS) is 41.4. The van der Waals surface area contributed by atoms with Crippen LogP contribution in [0.15, 0.2) is 58.7 Å². The highest BCUT2D eigenvalue weighted by Gasteiger charge is 3.08. The molecular weight excluding hydrogens is 496 g/mol. The Hall–Kier alpha value is -1.87. The molecule has 3 fully saturated rings. The van der Waals surface area contributed by atoms with Gasteiger partial charge in [0.15, 0.2) is 11.4 Å². The van der Waals surface area contributed by atoms with Crippen molar-refractivity contribution in [3.63, 3.8) is 0 Å². The summed E-state index contributed by atoms with van der Waals surface area (Å²) < 4.78 is 5.66. The van der Waals surface area contributed by atoms with E-state index in [0.29, 0.717) is 5.57 Å². The van der Waals surface area contributed by atoms with Crippen LogP contribution in [-0.4, -0.2) is 66.1 Å². The van der Waals surface area contributed by atoms with E-state index in [4.69, 9.17) is 4.74 Å². The number of carbonyl (C=O) groups excluding carboxylic acids is 1. The second-order valence-electron chi connectivity index (χ2n) is 13.9. The quantitative estimate of drug-likeness (QED) is 0.245. The molecule has 0 radical (unpaired) electrons. The maximum Gasteiger partial charge on any atom is 0.207 e. The van der Waals surface area contributed by atoms with E-state index in [1.54, 1.807) is 13.0 Å². The summed E-state index contributed by atoms with van der Waals surface area (Å²) in [5.74, 6) is -2.97. The van der Waals surface area contributed by atoms with Crippen molar-refractivity contribution in [1.82, 2.24) is 0 Å². The molecule has 1 heterocycles. The molecule has 1 saturated heterocycles. The predicted molar refractivity (Wildman–Crippen MR) is 149 cm³/mol. The number of rotatable bonds is 7. The number of aliphatic hydroxyl groups excluding tert-OH is 1. The maximum atomic E-state index is 13.0. The monoisotopic (exact) mass is 542 g/mol. The highest BCUT2D eigenvalue weighted by Crippen LogP contribution is 2.87. The lowest BCUT2D eigenvalue weighted by atomic mass is 9.72. The lowest BCUT2D eigenvalue weighted by Crippen LogP contribution is -2.61. The summed E-state index contributed by atoms with van der Waals surface area (Å²) in [5.41, 5.74) is -4.56. The van der Waals surface area contributed by atoms with Crippen molar-refractivity contribution in [1.29, 1.82) is 0 Å². The molecule has 1 unspecified atom stereocenters. The van der Waals surface area contributed by atoms with Crippen molar-refractivity contribution in [3.05, 3.63) is 58.7 Å². The molecule has 7 nitrogen and oxygen atoms in total. The number of hydrogen-bond donors (Lipinski definition) is 5. The first-order valence-electron chi connectivity index (χ1n) is 13.9. The Labute approximate surface area is 232 Å². The summed E-state index contributed by atoms with van der Waals surface area (Å²) in [4.78, 5) is 13.0. The zero-order chi connectivity index (χ0) is 29.6. The Bertz CT molecular complexity index is 1230. The second kappa shape index (κ2) is 8.81. The van der Waals surface area contributed by atoms with Gasteiger partial charge in [0, 0.05) is 5.41 Å². The van der Waals surface area contributed by atoms with E-state index < -0.39 is 51.4 Å². The molecule has 3 aliphatic carbocycles. The molecule has 0 spiro atoms. The van der Waals surface area contributed by atoms with E-state index in [-0.39, 0.29) is 5.41 Å². The minimum atomic E-state index is -2.23. The molecule has 0 aromatic carbocycles.